The molecule has 0 radical (unpaired) electrons. The van der Waals surface area contributed by atoms with E-state index in [2.05, 4.69) is 22.5 Å². The summed E-state index contributed by atoms with van der Waals surface area (Å²) in [5.41, 5.74) is 6.74. The highest BCUT2D eigenvalue weighted by atomic mass is 35.5. The van der Waals surface area contributed by atoms with Gasteiger partial charge in [-0.25, -0.2) is 4.98 Å². The summed E-state index contributed by atoms with van der Waals surface area (Å²) < 4.78 is 2.97. The standard InChI is InChI=1S/C11H14ClN3S/c1-8(10-2-3-11(12)16-10)15-7-14-6-9(15)4-5-13/h2-3,6-8H,4-5,13H2,1H3. The molecule has 0 aliphatic carbocycles. The van der Waals surface area contributed by atoms with Crippen LogP contribution in [0, 0.1) is 0 Å². The van der Waals surface area contributed by atoms with Crippen LogP contribution in [0.15, 0.2) is 24.7 Å². The highest BCUT2D eigenvalue weighted by molar-refractivity contribution is 7.16. The predicted molar refractivity (Wildman–Crippen MR) is 68.1 cm³/mol. The molecule has 16 heavy (non-hydrogen) atoms. The summed E-state index contributed by atoms with van der Waals surface area (Å²) in [4.78, 5) is 5.41. The van der Waals surface area contributed by atoms with Gasteiger partial charge in [0.15, 0.2) is 0 Å². The van der Waals surface area contributed by atoms with Gasteiger partial charge in [0, 0.05) is 23.2 Å². The van der Waals surface area contributed by atoms with Crippen LogP contribution in [0.25, 0.3) is 0 Å². The summed E-state index contributed by atoms with van der Waals surface area (Å²) >= 11 is 7.55. The van der Waals surface area contributed by atoms with Crippen LogP contribution >= 0.6 is 22.9 Å². The van der Waals surface area contributed by atoms with Gasteiger partial charge in [0.05, 0.1) is 16.7 Å². The molecule has 1 unspecified atom stereocenters. The maximum atomic E-state index is 5.94. The first kappa shape index (κ1) is 11.6. The topological polar surface area (TPSA) is 43.8 Å². The first-order valence-corrected chi connectivity index (χ1v) is 6.38. The number of thiophene rings is 1. The van der Waals surface area contributed by atoms with Crippen LogP contribution in [0.5, 0.6) is 0 Å². The molecule has 86 valence electrons. The Bertz CT molecular complexity index is 463. The fraction of sp³-hybridized carbons (Fsp3) is 0.364. The minimum Gasteiger partial charge on any atom is -0.330 e. The van der Waals surface area contributed by atoms with E-state index < -0.39 is 0 Å². The Morgan fingerprint density at radius 2 is 2.38 bits per heavy atom. The lowest BCUT2D eigenvalue weighted by molar-refractivity contribution is 0.616. The van der Waals surface area contributed by atoms with E-state index in [0.717, 1.165) is 10.8 Å². The van der Waals surface area contributed by atoms with Gasteiger partial charge in [-0.15, -0.1) is 11.3 Å². The molecule has 0 aliphatic rings. The summed E-state index contributed by atoms with van der Waals surface area (Å²) in [5.74, 6) is 0. The smallest absolute Gasteiger partial charge is 0.0954 e. The predicted octanol–water partition coefficient (Wildman–Crippen LogP) is 2.71. The number of hydrogen-bond acceptors (Lipinski definition) is 3. The summed E-state index contributed by atoms with van der Waals surface area (Å²) in [5, 5.41) is 0. The van der Waals surface area contributed by atoms with Crippen molar-refractivity contribution in [3.8, 4) is 0 Å². The van der Waals surface area contributed by atoms with Gasteiger partial charge >= 0.3 is 0 Å². The Balaban J connectivity index is 2.26. The molecule has 0 saturated carbocycles. The van der Waals surface area contributed by atoms with Crippen LogP contribution in [0.1, 0.15) is 23.5 Å². The van der Waals surface area contributed by atoms with Crippen LogP contribution in [-0.2, 0) is 6.42 Å². The number of imidazole rings is 1. The highest BCUT2D eigenvalue weighted by Gasteiger charge is 2.12. The van der Waals surface area contributed by atoms with Gasteiger partial charge in [0.25, 0.3) is 0 Å². The van der Waals surface area contributed by atoms with Gasteiger partial charge in [0.2, 0.25) is 0 Å². The van der Waals surface area contributed by atoms with Crippen LogP contribution < -0.4 is 5.73 Å². The second-order valence-electron chi connectivity index (χ2n) is 3.65. The van der Waals surface area contributed by atoms with Gasteiger partial charge in [0.1, 0.15) is 0 Å². The van der Waals surface area contributed by atoms with E-state index in [-0.39, 0.29) is 6.04 Å². The third kappa shape index (κ3) is 2.29. The number of hydrogen-bond donors (Lipinski definition) is 1. The number of nitrogens with two attached hydrogens (primary N) is 1. The molecule has 0 aliphatic heterocycles. The lowest BCUT2D eigenvalue weighted by Gasteiger charge is -2.14. The first-order valence-electron chi connectivity index (χ1n) is 5.18. The van der Waals surface area contributed by atoms with E-state index in [1.807, 2.05) is 18.6 Å². The van der Waals surface area contributed by atoms with Crippen molar-refractivity contribution >= 4 is 22.9 Å². The fourth-order valence-corrected chi connectivity index (χ4v) is 2.82. The second kappa shape index (κ2) is 4.99. The molecule has 2 rings (SSSR count). The Hall–Kier alpha value is -0.840. The van der Waals surface area contributed by atoms with Crippen molar-refractivity contribution in [2.75, 3.05) is 6.54 Å². The molecule has 0 spiro atoms. The van der Waals surface area contributed by atoms with Crippen molar-refractivity contribution in [2.24, 2.45) is 5.73 Å². The van der Waals surface area contributed by atoms with E-state index in [4.69, 9.17) is 17.3 Å². The summed E-state index contributed by atoms with van der Waals surface area (Å²) in [7, 11) is 0. The zero-order chi connectivity index (χ0) is 11.5. The molecule has 0 saturated heterocycles. The molecule has 5 heteroatoms. The van der Waals surface area contributed by atoms with Gasteiger partial charge in [-0.05, 0) is 25.6 Å². The van der Waals surface area contributed by atoms with Crippen molar-refractivity contribution in [1.82, 2.24) is 9.55 Å². The molecule has 1 atom stereocenters. The maximum Gasteiger partial charge on any atom is 0.0954 e. The normalized spacial score (nSPS) is 12.9. The minimum absolute atomic E-state index is 0.265. The van der Waals surface area contributed by atoms with Crippen molar-refractivity contribution in [3.05, 3.63) is 39.6 Å². The van der Waals surface area contributed by atoms with Gasteiger partial charge < -0.3 is 10.3 Å². The molecule has 0 amide bonds. The summed E-state index contributed by atoms with van der Waals surface area (Å²) in [6.45, 7) is 2.79. The molecular formula is C11H14ClN3S. The van der Waals surface area contributed by atoms with Gasteiger partial charge in [-0.2, -0.15) is 0 Å². The third-order valence-electron chi connectivity index (χ3n) is 2.57. The first-order chi connectivity index (χ1) is 7.72. The van der Waals surface area contributed by atoms with Crippen LogP contribution in [-0.4, -0.2) is 16.1 Å². The summed E-state index contributed by atoms with van der Waals surface area (Å²) in [6, 6.07) is 4.25. The molecule has 0 aromatic carbocycles. The molecule has 3 nitrogen and oxygen atoms in total. The number of halogens is 1. The number of nitrogens with zero attached hydrogens (tertiary/aromatic N) is 2. The Morgan fingerprint density at radius 3 is 3.00 bits per heavy atom. The molecule has 2 heterocycles. The lowest BCUT2D eigenvalue weighted by atomic mass is 10.2. The number of rotatable bonds is 4. The quantitative estimate of drug-likeness (QED) is 0.913. The molecular weight excluding hydrogens is 242 g/mol. The Labute approximate surface area is 104 Å². The maximum absolute atomic E-state index is 5.94. The van der Waals surface area contributed by atoms with E-state index in [0.29, 0.717) is 6.54 Å². The van der Waals surface area contributed by atoms with Crippen molar-refractivity contribution in [2.45, 2.75) is 19.4 Å². The lowest BCUT2D eigenvalue weighted by Crippen LogP contribution is -2.11. The van der Waals surface area contributed by atoms with E-state index >= 15 is 0 Å². The van der Waals surface area contributed by atoms with Gasteiger partial charge in [-0.1, -0.05) is 11.6 Å². The number of aromatic nitrogens is 2. The monoisotopic (exact) mass is 255 g/mol. The third-order valence-corrected chi connectivity index (χ3v) is 3.97. The van der Waals surface area contributed by atoms with Crippen LogP contribution in [0.2, 0.25) is 4.34 Å². The largest absolute Gasteiger partial charge is 0.330 e. The minimum atomic E-state index is 0.265. The zero-order valence-electron chi connectivity index (χ0n) is 9.06. The van der Waals surface area contributed by atoms with Crippen molar-refractivity contribution in [3.63, 3.8) is 0 Å². The average molecular weight is 256 g/mol. The second-order valence-corrected chi connectivity index (χ2v) is 5.40. The molecule has 0 fully saturated rings. The molecule has 2 N–H and O–H groups in total. The van der Waals surface area contributed by atoms with E-state index in [9.17, 15) is 0 Å². The van der Waals surface area contributed by atoms with E-state index in [1.54, 1.807) is 11.3 Å². The average Bonchev–Trinajstić information content (AvgIpc) is 2.87. The van der Waals surface area contributed by atoms with Crippen molar-refractivity contribution in [1.29, 1.82) is 0 Å². The molecule has 2 aromatic heterocycles. The van der Waals surface area contributed by atoms with Crippen molar-refractivity contribution < 1.29 is 0 Å². The highest BCUT2D eigenvalue weighted by Crippen LogP contribution is 2.29. The SMILES string of the molecule is CC(c1ccc(Cl)s1)n1cncc1CCN. The zero-order valence-corrected chi connectivity index (χ0v) is 10.6. The van der Waals surface area contributed by atoms with E-state index in [1.165, 1.54) is 10.6 Å². The van der Waals surface area contributed by atoms with Crippen LogP contribution in [0.4, 0.5) is 0 Å². The molecule has 2 aromatic rings. The van der Waals surface area contributed by atoms with Gasteiger partial charge in [-0.3, -0.25) is 0 Å². The molecule has 0 bridgehead atoms. The fourth-order valence-electron chi connectivity index (χ4n) is 1.71. The Morgan fingerprint density at radius 1 is 1.56 bits per heavy atom. The summed E-state index contributed by atoms with van der Waals surface area (Å²) in [6.07, 6.45) is 4.57. The van der Waals surface area contributed by atoms with Crippen LogP contribution in [0.3, 0.4) is 0 Å². The Kier molecular flexibility index (Phi) is 3.63.